The summed E-state index contributed by atoms with van der Waals surface area (Å²) in [5, 5.41) is 2.60. The van der Waals surface area contributed by atoms with E-state index < -0.39 is 52.2 Å². The first kappa shape index (κ1) is 38.6. The standard InChI is InChI=1S/C40H47N5O12/c1-6-40(20-52-33(47)38-11-7-24(16-38)8-12-38)27(55-34(48)39-13-9-25(17-39)10-14-39)15-28(56-40)45-21-41-30-31(42-23(3)43-32(30)45)44-35(49)57-37(4,5)18-29(46)51-19-26-22(2)53-36(50)54-26/h1,21,24-25,27-28H,7-20H2,2-5H3,(H,42,43,44,49)/t24?,25?,27-,28+,38?,39?,40+/m0/s1. The molecule has 4 saturated carbocycles. The molecule has 17 heteroatoms. The lowest BCUT2D eigenvalue weighted by molar-refractivity contribution is -0.178. The average Bonchev–Trinajstić information content (AvgIpc) is 4.03. The highest BCUT2D eigenvalue weighted by Gasteiger charge is 2.58. The number of hydrogen-bond acceptors (Lipinski definition) is 15. The smallest absolute Gasteiger partial charge is 0.461 e. The van der Waals surface area contributed by atoms with Crippen LogP contribution in [0.25, 0.3) is 11.2 Å². The number of nitrogens with zero attached hydrogens (tertiary/aromatic N) is 4. The summed E-state index contributed by atoms with van der Waals surface area (Å²) in [7, 11) is 0. The minimum absolute atomic E-state index is 0.0324. The third-order valence-corrected chi connectivity index (χ3v) is 12.7. The summed E-state index contributed by atoms with van der Waals surface area (Å²) in [6.07, 6.45) is 13.5. The molecule has 0 radical (unpaired) electrons. The Hall–Kier alpha value is -5.24. The Morgan fingerprint density at radius 3 is 2.25 bits per heavy atom. The molecule has 0 unspecified atom stereocenters. The molecule has 1 aliphatic heterocycles. The summed E-state index contributed by atoms with van der Waals surface area (Å²) in [6, 6.07) is 0. The van der Waals surface area contributed by atoms with E-state index in [1.165, 1.54) is 27.1 Å². The molecule has 0 aromatic carbocycles. The molecule has 17 nitrogen and oxygen atoms in total. The van der Waals surface area contributed by atoms with Crippen LogP contribution in [-0.4, -0.2) is 67.4 Å². The van der Waals surface area contributed by atoms with E-state index in [2.05, 4.69) is 26.2 Å². The van der Waals surface area contributed by atoms with Crippen molar-refractivity contribution in [2.75, 3.05) is 11.9 Å². The van der Waals surface area contributed by atoms with Crippen molar-refractivity contribution in [2.24, 2.45) is 22.7 Å². The first-order valence-electron chi connectivity index (χ1n) is 19.6. The molecule has 304 valence electrons. The van der Waals surface area contributed by atoms with Crippen molar-refractivity contribution < 1.29 is 51.7 Å². The van der Waals surface area contributed by atoms with Crippen LogP contribution in [0.4, 0.5) is 10.6 Å². The lowest BCUT2D eigenvalue weighted by Crippen LogP contribution is -2.48. The first-order valence-corrected chi connectivity index (χ1v) is 19.6. The van der Waals surface area contributed by atoms with Gasteiger partial charge in [-0.3, -0.25) is 24.3 Å². The Morgan fingerprint density at radius 1 is 0.982 bits per heavy atom. The molecular weight excluding hydrogens is 742 g/mol. The van der Waals surface area contributed by atoms with Gasteiger partial charge in [0.25, 0.3) is 0 Å². The number of carbonyl (C=O) groups excluding carboxylic acids is 4. The zero-order valence-electron chi connectivity index (χ0n) is 32.6. The van der Waals surface area contributed by atoms with E-state index in [-0.39, 0.29) is 72.3 Å². The van der Waals surface area contributed by atoms with Crippen LogP contribution in [0.1, 0.15) is 114 Å². The quantitative estimate of drug-likeness (QED) is 0.139. The molecular formula is C40H47N5O12. The topological polar surface area (TPSA) is 213 Å². The van der Waals surface area contributed by atoms with E-state index >= 15 is 0 Å². The van der Waals surface area contributed by atoms with Crippen LogP contribution in [0.5, 0.6) is 0 Å². The number of ether oxygens (including phenoxy) is 5. The van der Waals surface area contributed by atoms with Gasteiger partial charge in [0.1, 0.15) is 30.4 Å². The number of nitrogens with one attached hydrogen (secondary N) is 1. The molecule has 4 heterocycles. The molecule has 1 saturated heterocycles. The number of aryl methyl sites for hydroxylation is 2. The molecule has 1 amide bonds. The van der Waals surface area contributed by atoms with E-state index in [1.54, 1.807) is 11.5 Å². The van der Waals surface area contributed by atoms with Gasteiger partial charge in [0, 0.05) is 6.42 Å². The second-order valence-corrected chi connectivity index (χ2v) is 17.2. The number of aromatic nitrogens is 4. The fraction of sp³-hybridized carbons (Fsp3) is 0.650. The van der Waals surface area contributed by atoms with Crippen molar-refractivity contribution in [3.63, 3.8) is 0 Å². The largest absolute Gasteiger partial charge is 0.519 e. The van der Waals surface area contributed by atoms with E-state index in [0.717, 1.165) is 64.2 Å². The Morgan fingerprint density at radius 2 is 1.65 bits per heavy atom. The summed E-state index contributed by atoms with van der Waals surface area (Å²) in [5.41, 5.74) is -3.48. The van der Waals surface area contributed by atoms with E-state index in [0.29, 0.717) is 11.8 Å². The first-order chi connectivity index (χ1) is 27.1. The lowest BCUT2D eigenvalue weighted by Gasteiger charge is -2.33. The average molecular weight is 790 g/mol. The Kier molecular flexibility index (Phi) is 9.69. The van der Waals surface area contributed by atoms with Crippen molar-refractivity contribution in [3.05, 3.63) is 34.3 Å². The minimum Gasteiger partial charge on any atom is -0.461 e. The van der Waals surface area contributed by atoms with Crippen molar-refractivity contribution in [1.29, 1.82) is 0 Å². The second kappa shape index (κ2) is 14.3. The fourth-order valence-electron chi connectivity index (χ4n) is 9.67. The van der Waals surface area contributed by atoms with Crippen LogP contribution in [0.3, 0.4) is 0 Å². The van der Waals surface area contributed by atoms with Gasteiger partial charge in [-0.05, 0) is 104 Å². The Bertz CT molecular complexity index is 2200. The van der Waals surface area contributed by atoms with Gasteiger partial charge in [-0.1, -0.05) is 5.92 Å². The number of hydrogen-bond donors (Lipinski definition) is 1. The van der Waals surface area contributed by atoms with Gasteiger partial charge >= 0.3 is 29.8 Å². The second-order valence-electron chi connectivity index (χ2n) is 17.2. The van der Waals surface area contributed by atoms with Crippen molar-refractivity contribution >= 4 is 41.0 Å². The molecule has 57 heavy (non-hydrogen) atoms. The molecule has 4 aliphatic carbocycles. The summed E-state index contributed by atoms with van der Waals surface area (Å²) < 4.78 is 40.9. The molecule has 5 fully saturated rings. The molecule has 8 rings (SSSR count). The molecule has 3 atom stereocenters. The van der Waals surface area contributed by atoms with Gasteiger partial charge in [0.2, 0.25) is 5.60 Å². The van der Waals surface area contributed by atoms with Gasteiger partial charge in [0.15, 0.2) is 35.1 Å². The van der Waals surface area contributed by atoms with Crippen molar-refractivity contribution in [1.82, 2.24) is 19.5 Å². The number of esters is 3. The molecule has 3 aromatic heterocycles. The van der Waals surface area contributed by atoms with Gasteiger partial charge in [-0.25, -0.2) is 24.5 Å². The monoisotopic (exact) mass is 789 g/mol. The maximum absolute atomic E-state index is 13.9. The Balaban J connectivity index is 0.984. The van der Waals surface area contributed by atoms with Gasteiger partial charge < -0.3 is 32.5 Å². The number of imidazole rings is 1. The van der Waals surface area contributed by atoms with Crippen LogP contribution in [-0.2, 0) is 44.7 Å². The highest BCUT2D eigenvalue weighted by atomic mass is 16.6. The van der Waals surface area contributed by atoms with Gasteiger partial charge in [-0.2, -0.15) is 0 Å². The molecule has 3 aromatic rings. The number of rotatable bonds is 12. The van der Waals surface area contributed by atoms with E-state index in [1.807, 2.05) is 0 Å². The summed E-state index contributed by atoms with van der Waals surface area (Å²) in [5.74, 6) is 2.13. The zero-order chi connectivity index (χ0) is 40.3. The van der Waals surface area contributed by atoms with Crippen LogP contribution >= 0.6 is 0 Å². The molecule has 4 bridgehead atoms. The third kappa shape index (κ3) is 7.28. The number of anilines is 1. The van der Waals surface area contributed by atoms with Crippen LogP contribution in [0, 0.1) is 48.9 Å². The van der Waals surface area contributed by atoms with Gasteiger partial charge in [0.05, 0.1) is 23.6 Å². The normalized spacial score (nSPS) is 30.0. The van der Waals surface area contributed by atoms with Crippen molar-refractivity contribution in [2.45, 2.75) is 135 Å². The highest BCUT2D eigenvalue weighted by molar-refractivity contribution is 5.93. The van der Waals surface area contributed by atoms with Crippen LogP contribution in [0.15, 0.2) is 20.0 Å². The number of carbonyl (C=O) groups is 4. The highest BCUT2D eigenvalue weighted by Crippen LogP contribution is 2.56. The number of terminal acetylenes is 1. The van der Waals surface area contributed by atoms with Crippen molar-refractivity contribution in [3.8, 4) is 12.3 Å². The maximum atomic E-state index is 13.9. The third-order valence-electron chi connectivity index (χ3n) is 12.7. The SMILES string of the molecule is C#C[C@]1(COC(=O)C23CCC(CC2)C3)O[C@@H](n2cnc3c(NC(=O)OC(C)(C)CC(=O)OCc4oc(=O)oc4C)nc(C)nc32)C[C@@H]1OC(=O)C12CCC(CC1)C2. The van der Waals surface area contributed by atoms with Gasteiger partial charge in [-0.15, -0.1) is 6.42 Å². The summed E-state index contributed by atoms with van der Waals surface area (Å²) in [4.78, 5) is 78.0. The summed E-state index contributed by atoms with van der Waals surface area (Å²) >= 11 is 0. The number of amides is 1. The maximum Gasteiger partial charge on any atom is 0.519 e. The molecule has 5 aliphatic rings. The zero-order valence-corrected chi connectivity index (χ0v) is 32.6. The predicted octanol–water partition coefficient (Wildman–Crippen LogP) is 5.36. The molecule has 0 spiro atoms. The van der Waals surface area contributed by atoms with E-state index in [9.17, 15) is 24.0 Å². The Labute approximate surface area is 327 Å². The summed E-state index contributed by atoms with van der Waals surface area (Å²) in [6.45, 7) is 5.56. The minimum atomic E-state index is -1.59. The van der Waals surface area contributed by atoms with Crippen LogP contribution in [0.2, 0.25) is 0 Å². The van der Waals surface area contributed by atoms with E-state index in [4.69, 9.17) is 38.9 Å². The lowest BCUT2D eigenvalue weighted by atomic mass is 9.84. The predicted molar refractivity (Wildman–Crippen MR) is 196 cm³/mol. The fourth-order valence-corrected chi connectivity index (χ4v) is 9.67. The molecule has 1 N–H and O–H groups in total. The number of fused-ring (bicyclic) bond motifs is 5. The van der Waals surface area contributed by atoms with Crippen LogP contribution < -0.4 is 11.1 Å².